The first kappa shape index (κ1) is 16.1. The van der Waals surface area contributed by atoms with E-state index in [0.29, 0.717) is 11.5 Å². The lowest BCUT2D eigenvalue weighted by atomic mass is 9.85. The van der Waals surface area contributed by atoms with Crippen LogP contribution in [0, 0.1) is 11.3 Å². The maximum absolute atomic E-state index is 12.3. The van der Waals surface area contributed by atoms with Crippen LogP contribution < -0.4 is 10.6 Å². The fourth-order valence-electron chi connectivity index (χ4n) is 4.35. The molecule has 1 heterocycles. The van der Waals surface area contributed by atoms with Crippen molar-refractivity contribution in [2.24, 2.45) is 11.3 Å². The summed E-state index contributed by atoms with van der Waals surface area (Å²) in [7, 11) is 0. The van der Waals surface area contributed by atoms with Crippen molar-refractivity contribution in [3.8, 4) is 0 Å². The number of hydrogen-bond acceptors (Lipinski definition) is 2. The van der Waals surface area contributed by atoms with E-state index in [9.17, 15) is 4.79 Å². The van der Waals surface area contributed by atoms with E-state index in [1.54, 1.807) is 0 Å². The lowest BCUT2D eigenvalue weighted by Gasteiger charge is -2.25. The van der Waals surface area contributed by atoms with Crippen molar-refractivity contribution in [2.75, 3.05) is 6.54 Å². The van der Waals surface area contributed by atoms with Gasteiger partial charge in [-0.15, -0.1) is 12.4 Å². The number of fused-ring (bicyclic) bond motifs is 1. The van der Waals surface area contributed by atoms with Crippen LogP contribution in [0.4, 0.5) is 0 Å². The Labute approximate surface area is 129 Å². The van der Waals surface area contributed by atoms with Crippen LogP contribution in [0.25, 0.3) is 0 Å². The summed E-state index contributed by atoms with van der Waals surface area (Å²) in [6, 6.07) is 0.699. The number of rotatable bonds is 3. The van der Waals surface area contributed by atoms with E-state index >= 15 is 0 Å². The first-order valence-corrected chi connectivity index (χ1v) is 8.20. The molecule has 3 aliphatic rings. The molecule has 1 aliphatic heterocycles. The molecule has 20 heavy (non-hydrogen) atoms. The molecule has 2 aliphatic carbocycles. The summed E-state index contributed by atoms with van der Waals surface area (Å²) >= 11 is 0. The molecule has 0 aromatic heterocycles. The molecule has 1 amide bonds. The lowest BCUT2D eigenvalue weighted by molar-refractivity contribution is -0.123. The van der Waals surface area contributed by atoms with Crippen molar-refractivity contribution in [3.63, 3.8) is 0 Å². The van der Waals surface area contributed by atoms with Gasteiger partial charge in [0.05, 0.1) is 6.04 Å². The molecule has 116 valence electrons. The average Bonchev–Trinajstić information content (AvgIpc) is 3.02. The number of halogens is 1. The van der Waals surface area contributed by atoms with E-state index in [2.05, 4.69) is 17.6 Å². The Kier molecular flexibility index (Phi) is 5.36. The molecule has 0 radical (unpaired) electrons. The number of hydrogen-bond donors (Lipinski definition) is 2. The van der Waals surface area contributed by atoms with Crippen molar-refractivity contribution in [2.45, 2.75) is 76.8 Å². The fraction of sp³-hybridized carbons (Fsp3) is 0.938. The Morgan fingerprint density at radius 1 is 1.20 bits per heavy atom. The molecule has 0 bridgehead atoms. The Morgan fingerprint density at radius 3 is 2.60 bits per heavy atom. The number of carbonyl (C=O) groups is 1. The second kappa shape index (κ2) is 6.65. The lowest BCUT2D eigenvalue weighted by Crippen LogP contribution is -2.45. The zero-order valence-corrected chi connectivity index (χ0v) is 13.4. The average molecular weight is 301 g/mol. The molecule has 3 unspecified atom stereocenters. The monoisotopic (exact) mass is 300 g/mol. The summed E-state index contributed by atoms with van der Waals surface area (Å²) in [6.45, 7) is 3.20. The van der Waals surface area contributed by atoms with E-state index in [0.717, 1.165) is 18.9 Å². The van der Waals surface area contributed by atoms with Gasteiger partial charge >= 0.3 is 0 Å². The van der Waals surface area contributed by atoms with Crippen LogP contribution in [-0.4, -0.2) is 24.5 Å². The maximum atomic E-state index is 12.3. The van der Waals surface area contributed by atoms with Gasteiger partial charge in [-0.2, -0.15) is 0 Å². The van der Waals surface area contributed by atoms with Gasteiger partial charge in [-0.25, -0.2) is 0 Å². The van der Waals surface area contributed by atoms with Gasteiger partial charge < -0.3 is 10.6 Å². The zero-order chi connectivity index (χ0) is 13.3. The molecule has 3 nitrogen and oxygen atoms in total. The van der Waals surface area contributed by atoms with E-state index in [4.69, 9.17) is 0 Å². The summed E-state index contributed by atoms with van der Waals surface area (Å²) < 4.78 is 0. The SMILES string of the molecule is CC1(CNC(=O)C2CC3CCCCC3N2)CCCC1.Cl. The van der Waals surface area contributed by atoms with Gasteiger partial charge in [0.15, 0.2) is 0 Å². The normalized spacial score (nSPS) is 35.1. The second-order valence-electron chi connectivity index (χ2n) is 7.34. The zero-order valence-electron chi connectivity index (χ0n) is 12.6. The fourth-order valence-corrected chi connectivity index (χ4v) is 4.35. The van der Waals surface area contributed by atoms with E-state index in [-0.39, 0.29) is 24.4 Å². The Bertz CT molecular complexity index is 327. The van der Waals surface area contributed by atoms with Crippen molar-refractivity contribution < 1.29 is 4.79 Å². The van der Waals surface area contributed by atoms with Gasteiger partial charge in [-0.1, -0.05) is 32.6 Å². The smallest absolute Gasteiger partial charge is 0.237 e. The molecule has 1 saturated heterocycles. The largest absolute Gasteiger partial charge is 0.354 e. The number of nitrogens with one attached hydrogen (secondary N) is 2. The summed E-state index contributed by atoms with van der Waals surface area (Å²) in [4.78, 5) is 12.3. The molecular formula is C16H29ClN2O. The summed E-state index contributed by atoms with van der Waals surface area (Å²) in [5.74, 6) is 1.01. The van der Waals surface area contributed by atoms with Crippen LogP contribution in [0.3, 0.4) is 0 Å². The minimum Gasteiger partial charge on any atom is -0.354 e. The molecule has 0 spiro atoms. The molecular weight excluding hydrogens is 272 g/mol. The van der Waals surface area contributed by atoms with Crippen molar-refractivity contribution in [1.82, 2.24) is 10.6 Å². The van der Waals surface area contributed by atoms with Gasteiger partial charge in [0, 0.05) is 12.6 Å². The molecule has 4 heteroatoms. The summed E-state index contributed by atoms with van der Waals surface area (Å²) in [5, 5.41) is 6.78. The van der Waals surface area contributed by atoms with Crippen LogP contribution in [0.1, 0.15) is 64.7 Å². The van der Waals surface area contributed by atoms with E-state index in [1.165, 1.54) is 51.4 Å². The third kappa shape index (κ3) is 3.48. The van der Waals surface area contributed by atoms with Gasteiger partial charge in [0.1, 0.15) is 0 Å². The molecule has 3 rings (SSSR count). The minimum absolute atomic E-state index is 0. The predicted molar refractivity (Wildman–Crippen MR) is 84.1 cm³/mol. The van der Waals surface area contributed by atoms with Crippen LogP contribution in [0.2, 0.25) is 0 Å². The van der Waals surface area contributed by atoms with Crippen molar-refractivity contribution >= 4 is 18.3 Å². The van der Waals surface area contributed by atoms with E-state index < -0.39 is 0 Å². The molecule has 3 fully saturated rings. The first-order valence-electron chi connectivity index (χ1n) is 8.20. The number of carbonyl (C=O) groups excluding carboxylic acids is 1. The molecule has 3 atom stereocenters. The van der Waals surface area contributed by atoms with Crippen molar-refractivity contribution in [3.05, 3.63) is 0 Å². The number of amides is 1. The highest BCUT2D eigenvalue weighted by Crippen LogP contribution is 2.37. The highest BCUT2D eigenvalue weighted by Gasteiger charge is 2.38. The molecule has 2 N–H and O–H groups in total. The minimum atomic E-state index is 0. The highest BCUT2D eigenvalue weighted by molar-refractivity contribution is 5.85. The molecule has 2 saturated carbocycles. The van der Waals surface area contributed by atoms with Crippen molar-refractivity contribution in [1.29, 1.82) is 0 Å². The Morgan fingerprint density at radius 2 is 1.90 bits per heavy atom. The molecule has 0 aromatic rings. The third-order valence-electron chi connectivity index (χ3n) is 5.68. The maximum Gasteiger partial charge on any atom is 0.237 e. The van der Waals surface area contributed by atoms with Gasteiger partial charge in [-0.3, -0.25) is 4.79 Å². The first-order chi connectivity index (χ1) is 9.16. The van der Waals surface area contributed by atoms with Crippen LogP contribution in [-0.2, 0) is 4.79 Å². The quantitative estimate of drug-likeness (QED) is 0.841. The summed E-state index contributed by atoms with van der Waals surface area (Å²) in [6.07, 6.45) is 11.6. The van der Waals surface area contributed by atoms with Gasteiger partial charge in [0.2, 0.25) is 5.91 Å². The third-order valence-corrected chi connectivity index (χ3v) is 5.68. The van der Waals surface area contributed by atoms with Gasteiger partial charge in [-0.05, 0) is 43.4 Å². The predicted octanol–water partition coefficient (Wildman–Crippen LogP) is 3.03. The van der Waals surface area contributed by atoms with E-state index in [1.807, 2.05) is 0 Å². The summed E-state index contributed by atoms with van der Waals surface area (Å²) in [5.41, 5.74) is 0.362. The Balaban J connectivity index is 0.00000147. The van der Waals surface area contributed by atoms with Crippen LogP contribution in [0.15, 0.2) is 0 Å². The standard InChI is InChI=1S/C16H28N2O.ClH/c1-16(8-4-5-9-16)11-17-15(19)14-10-12-6-2-3-7-13(12)18-14;/h12-14,18H,2-11H2,1H3,(H,17,19);1H. The van der Waals surface area contributed by atoms with Crippen LogP contribution >= 0.6 is 12.4 Å². The topological polar surface area (TPSA) is 41.1 Å². The Hall–Kier alpha value is -0.280. The second-order valence-corrected chi connectivity index (χ2v) is 7.34. The van der Waals surface area contributed by atoms with Gasteiger partial charge in [0.25, 0.3) is 0 Å². The highest BCUT2D eigenvalue weighted by atomic mass is 35.5. The molecule has 0 aromatic carbocycles. The van der Waals surface area contributed by atoms with Crippen LogP contribution in [0.5, 0.6) is 0 Å².